The maximum Gasteiger partial charge on any atom is 0.237 e. The minimum Gasteiger partial charge on any atom is -0.352 e. The second kappa shape index (κ2) is 6.77. The van der Waals surface area contributed by atoms with Gasteiger partial charge in [0.05, 0.1) is 6.04 Å². The van der Waals surface area contributed by atoms with E-state index in [-0.39, 0.29) is 17.9 Å². The van der Waals surface area contributed by atoms with Crippen LogP contribution in [0.2, 0.25) is 0 Å². The van der Waals surface area contributed by atoms with Crippen LogP contribution in [0.25, 0.3) is 0 Å². The third-order valence-electron chi connectivity index (χ3n) is 5.68. The maximum atomic E-state index is 12.3. The summed E-state index contributed by atoms with van der Waals surface area (Å²) < 4.78 is 0. The normalized spacial score (nSPS) is 31.2. The van der Waals surface area contributed by atoms with Crippen molar-refractivity contribution in [1.82, 2.24) is 20.0 Å². The topological polar surface area (TPSA) is 55.9 Å². The second-order valence-corrected chi connectivity index (χ2v) is 7.50. The number of nitrogens with zero attached hydrogens (tertiary/aromatic N) is 3. The zero-order chi connectivity index (χ0) is 16.6. The molecule has 3 unspecified atom stereocenters. The molecule has 1 saturated carbocycles. The van der Waals surface area contributed by atoms with E-state index in [0.717, 1.165) is 52.1 Å². The minimum atomic E-state index is -0.0402. The van der Waals surface area contributed by atoms with Crippen molar-refractivity contribution < 1.29 is 9.59 Å². The number of carbonyl (C=O) groups excluding carboxylic acids is 2. The number of rotatable bonds is 4. The van der Waals surface area contributed by atoms with E-state index in [2.05, 4.69) is 22.0 Å². The Balaban J connectivity index is 1.52. The molecular formula is C17H30N4O2. The fraction of sp³-hybridized carbons (Fsp3) is 0.882. The van der Waals surface area contributed by atoms with Crippen LogP contribution in [0.3, 0.4) is 0 Å². The van der Waals surface area contributed by atoms with Crippen LogP contribution in [0.5, 0.6) is 0 Å². The van der Waals surface area contributed by atoms with Crippen molar-refractivity contribution in [2.45, 2.75) is 51.7 Å². The Kier molecular flexibility index (Phi) is 4.92. The molecule has 3 fully saturated rings. The van der Waals surface area contributed by atoms with Crippen molar-refractivity contribution in [2.24, 2.45) is 5.92 Å². The number of nitrogens with one attached hydrogen (secondary N) is 1. The SMILES string of the molecule is CC(=O)N1CCN(C2CN(C(C)C(=O)NC3CC3)CC2C)CC1. The quantitative estimate of drug-likeness (QED) is 0.800. The standard InChI is InChI=1S/C17H30N4O2/c1-12-10-21(13(2)17(23)18-15-4-5-15)11-16(12)20-8-6-19(7-9-20)14(3)22/h12-13,15-16H,4-11H2,1-3H3,(H,18,23). The van der Waals surface area contributed by atoms with E-state index < -0.39 is 0 Å². The molecule has 3 rings (SSSR count). The molecule has 2 amide bonds. The summed E-state index contributed by atoms with van der Waals surface area (Å²) in [6.45, 7) is 11.5. The Morgan fingerprint density at radius 1 is 1.09 bits per heavy atom. The largest absolute Gasteiger partial charge is 0.352 e. The van der Waals surface area contributed by atoms with E-state index in [1.54, 1.807) is 6.92 Å². The number of likely N-dealkylation sites (tertiary alicyclic amines) is 1. The predicted octanol–water partition coefficient (Wildman–Crippen LogP) is 0.138. The molecule has 0 spiro atoms. The lowest BCUT2D eigenvalue weighted by Gasteiger charge is -2.39. The molecule has 0 bridgehead atoms. The van der Waals surface area contributed by atoms with Crippen molar-refractivity contribution >= 4 is 11.8 Å². The Bertz CT molecular complexity index is 458. The van der Waals surface area contributed by atoms with Gasteiger partial charge in [0.15, 0.2) is 0 Å². The number of hydrogen-bond acceptors (Lipinski definition) is 4. The highest BCUT2D eigenvalue weighted by molar-refractivity contribution is 5.81. The molecular weight excluding hydrogens is 292 g/mol. The summed E-state index contributed by atoms with van der Waals surface area (Å²) in [7, 11) is 0. The third-order valence-corrected chi connectivity index (χ3v) is 5.68. The van der Waals surface area contributed by atoms with Gasteiger partial charge in [-0.15, -0.1) is 0 Å². The number of amides is 2. The van der Waals surface area contributed by atoms with E-state index in [0.29, 0.717) is 18.0 Å². The average Bonchev–Trinajstić information content (AvgIpc) is 3.26. The zero-order valence-corrected chi connectivity index (χ0v) is 14.6. The fourth-order valence-electron chi connectivity index (χ4n) is 3.86. The molecule has 2 aliphatic heterocycles. The smallest absolute Gasteiger partial charge is 0.237 e. The van der Waals surface area contributed by atoms with Crippen LogP contribution >= 0.6 is 0 Å². The summed E-state index contributed by atoms with van der Waals surface area (Å²) in [5.74, 6) is 0.924. The van der Waals surface area contributed by atoms with Gasteiger partial charge in [-0.25, -0.2) is 0 Å². The highest BCUT2D eigenvalue weighted by atomic mass is 16.2. The van der Waals surface area contributed by atoms with E-state index in [9.17, 15) is 9.59 Å². The highest BCUT2D eigenvalue weighted by Crippen LogP contribution is 2.25. The van der Waals surface area contributed by atoms with Crippen LogP contribution in [0.4, 0.5) is 0 Å². The molecule has 6 nitrogen and oxygen atoms in total. The summed E-state index contributed by atoms with van der Waals surface area (Å²) in [5, 5.41) is 3.12. The lowest BCUT2D eigenvalue weighted by atomic mass is 10.0. The molecule has 3 atom stereocenters. The van der Waals surface area contributed by atoms with Gasteiger partial charge in [-0.05, 0) is 25.7 Å². The molecule has 1 aliphatic carbocycles. The predicted molar refractivity (Wildman–Crippen MR) is 89.0 cm³/mol. The Hall–Kier alpha value is -1.14. The first-order valence-electron chi connectivity index (χ1n) is 8.99. The summed E-state index contributed by atoms with van der Waals surface area (Å²) in [4.78, 5) is 30.5. The third kappa shape index (κ3) is 3.86. The molecule has 130 valence electrons. The second-order valence-electron chi connectivity index (χ2n) is 7.50. The van der Waals surface area contributed by atoms with Crippen LogP contribution < -0.4 is 5.32 Å². The summed E-state index contributed by atoms with van der Waals surface area (Å²) >= 11 is 0. The monoisotopic (exact) mass is 322 g/mol. The van der Waals surface area contributed by atoms with Gasteiger partial charge in [-0.3, -0.25) is 19.4 Å². The Morgan fingerprint density at radius 3 is 2.30 bits per heavy atom. The first-order chi connectivity index (χ1) is 11.0. The van der Waals surface area contributed by atoms with Crippen molar-refractivity contribution in [3.8, 4) is 0 Å². The van der Waals surface area contributed by atoms with Crippen molar-refractivity contribution in [3.05, 3.63) is 0 Å². The Morgan fingerprint density at radius 2 is 1.74 bits per heavy atom. The molecule has 1 N–H and O–H groups in total. The fourth-order valence-corrected chi connectivity index (χ4v) is 3.86. The van der Waals surface area contributed by atoms with E-state index in [4.69, 9.17) is 0 Å². The molecule has 0 aromatic heterocycles. The molecule has 0 radical (unpaired) electrons. The van der Waals surface area contributed by atoms with E-state index in [1.807, 2.05) is 11.8 Å². The van der Waals surface area contributed by atoms with Crippen molar-refractivity contribution in [3.63, 3.8) is 0 Å². The molecule has 0 aromatic rings. The van der Waals surface area contributed by atoms with Gasteiger partial charge in [0.1, 0.15) is 0 Å². The van der Waals surface area contributed by atoms with Gasteiger partial charge >= 0.3 is 0 Å². The summed E-state index contributed by atoms with van der Waals surface area (Å²) in [6.07, 6.45) is 2.27. The van der Waals surface area contributed by atoms with Gasteiger partial charge in [0, 0.05) is 58.3 Å². The number of hydrogen-bond donors (Lipinski definition) is 1. The average molecular weight is 322 g/mol. The first-order valence-corrected chi connectivity index (χ1v) is 8.99. The van der Waals surface area contributed by atoms with Crippen LogP contribution in [-0.4, -0.2) is 83.9 Å². The first kappa shape index (κ1) is 16.7. The van der Waals surface area contributed by atoms with Gasteiger partial charge in [-0.2, -0.15) is 0 Å². The molecule has 6 heteroatoms. The summed E-state index contributed by atoms with van der Waals surface area (Å²) in [6, 6.07) is 0.891. The van der Waals surface area contributed by atoms with E-state index in [1.165, 1.54) is 0 Å². The van der Waals surface area contributed by atoms with Gasteiger partial charge in [0.25, 0.3) is 0 Å². The maximum absolute atomic E-state index is 12.3. The molecule has 2 saturated heterocycles. The number of carbonyl (C=O) groups is 2. The molecule has 2 heterocycles. The lowest BCUT2D eigenvalue weighted by molar-refractivity contribution is -0.131. The van der Waals surface area contributed by atoms with Gasteiger partial charge in [0.2, 0.25) is 11.8 Å². The van der Waals surface area contributed by atoms with E-state index >= 15 is 0 Å². The molecule has 0 aromatic carbocycles. The number of piperazine rings is 1. The zero-order valence-electron chi connectivity index (χ0n) is 14.6. The van der Waals surface area contributed by atoms with Crippen LogP contribution in [0.15, 0.2) is 0 Å². The molecule has 3 aliphatic rings. The van der Waals surface area contributed by atoms with Crippen molar-refractivity contribution in [2.75, 3.05) is 39.3 Å². The van der Waals surface area contributed by atoms with Crippen LogP contribution in [0.1, 0.15) is 33.6 Å². The van der Waals surface area contributed by atoms with Gasteiger partial charge in [-0.1, -0.05) is 6.92 Å². The minimum absolute atomic E-state index is 0.0402. The Labute approximate surface area is 139 Å². The summed E-state index contributed by atoms with van der Waals surface area (Å²) in [5.41, 5.74) is 0. The van der Waals surface area contributed by atoms with Crippen LogP contribution in [0, 0.1) is 5.92 Å². The van der Waals surface area contributed by atoms with Gasteiger partial charge < -0.3 is 10.2 Å². The van der Waals surface area contributed by atoms with Crippen LogP contribution in [-0.2, 0) is 9.59 Å². The lowest BCUT2D eigenvalue weighted by Crippen LogP contribution is -2.53. The van der Waals surface area contributed by atoms with Crippen molar-refractivity contribution in [1.29, 1.82) is 0 Å². The highest BCUT2D eigenvalue weighted by Gasteiger charge is 2.39. The molecule has 23 heavy (non-hydrogen) atoms.